The Morgan fingerprint density at radius 3 is 2.70 bits per heavy atom. The molecule has 2 rings (SSSR count). The summed E-state index contributed by atoms with van der Waals surface area (Å²) in [6.45, 7) is 3.87. The summed E-state index contributed by atoms with van der Waals surface area (Å²) >= 11 is 0. The van der Waals surface area contributed by atoms with Gasteiger partial charge >= 0.3 is 0 Å². The Labute approximate surface area is 119 Å². The van der Waals surface area contributed by atoms with Crippen molar-refractivity contribution < 1.29 is 18.0 Å². The number of sulfone groups is 1. The van der Waals surface area contributed by atoms with Gasteiger partial charge in [0, 0.05) is 6.04 Å². The molecule has 0 aromatic heterocycles. The van der Waals surface area contributed by atoms with Crippen LogP contribution in [0.5, 0.6) is 0 Å². The monoisotopic (exact) mass is 302 g/mol. The molecule has 2 heterocycles. The van der Waals surface area contributed by atoms with Crippen LogP contribution in [0.3, 0.4) is 0 Å². The van der Waals surface area contributed by atoms with E-state index in [0.29, 0.717) is 12.8 Å². The first-order valence-electron chi connectivity index (χ1n) is 7.14. The number of amides is 2. The first kappa shape index (κ1) is 15.3. The summed E-state index contributed by atoms with van der Waals surface area (Å²) in [6.07, 6.45) is 2.01. The highest BCUT2D eigenvalue weighted by Crippen LogP contribution is 2.22. The van der Waals surface area contributed by atoms with Gasteiger partial charge in [-0.3, -0.25) is 9.59 Å². The van der Waals surface area contributed by atoms with Crippen LogP contribution < -0.4 is 5.32 Å². The second kappa shape index (κ2) is 5.71. The van der Waals surface area contributed by atoms with Gasteiger partial charge in [0.25, 0.3) is 0 Å². The third-order valence-electron chi connectivity index (χ3n) is 4.27. The predicted octanol–water partition coefficient (Wildman–Crippen LogP) is -0.0633. The van der Waals surface area contributed by atoms with E-state index < -0.39 is 15.9 Å². The summed E-state index contributed by atoms with van der Waals surface area (Å²) in [5.41, 5.74) is 0. The summed E-state index contributed by atoms with van der Waals surface area (Å²) in [5, 5.41) is 2.73. The fourth-order valence-corrected chi connectivity index (χ4v) is 4.57. The van der Waals surface area contributed by atoms with Crippen LogP contribution in [-0.2, 0) is 19.4 Å². The molecular formula is C13H22N2O4S. The molecule has 114 valence electrons. The molecular weight excluding hydrogens is 280 g/mol. The van der Waals surface area contributed by atoms with Gasteiger partial charge in [0.1, 0.15) is 6.04 Å². The van der Waals surface area contributed by atoms with Crippen LogP contribution in [0.15, 0.2) is 0 Å². The third-order valence-corrected chi connectivity index (χ3v) is 6.08. The second-order valence-corrected chi connectivity index (χ2v) is 8.04. The van der Waals surface area contributed by atoms with Gasteiger partial charge in [-0.2, -0.15) is 0 Å². The van der Waals surface area contributed by atoms with Gasteiger partial charge in [0.2, 0.25) is 11.8 Å². The van der Waals surface area contributed by atoms with E-state index >= 15 is 0 Å². The summed E-state index contributed by atoms with van der Waals surface area (Å²) in [5.74, 6) is -0.112. The quantitative estimate of drug-likeness (QED) is 0.791. The van der Waals surface area contributed by atoms with Crippen LogP contribution in [0, 0.1) is 5.92 Å². The summed E-state index contributed by atoms with van der Waals surface area (Å²) in [6, 6.07) is -0.871. The maximum atomic E-state index is 12.5. The Balaban J connectivity index is 2.17. The molecule has 0 radical (unpaired) electrons. The fourth-order valence-electron chi connectivity index (χ4n) is 2.87. The van der Waals surface area contributed by atoms with Gasteiger partial charge < -0.3 is 10.2 Å². The minimum absolute atomic E-state index is 0.0146. The van der Waals surface area contributed by atoms with Crippen molar-refractivity contribution in [2.75, 3.05) is 18.1 Å². The standard InChI is InChI=1S/C13H22N2O4S/c1-3-9(2)12-13(17)15(7-11(16)14-12)10-5-4-6-20(18,19)8-10/h9-10,12H,3-8H2,1-2H3,(H,14,16). The molecule has 3 atom stereocenters. The average Bonchev–Trinajstić information content (AvgIpc) is 2.39. The van der Waals surface area contributed by atoms with Gasteiger partial charge in [0.15, 0.2) is 9.84 Å². The zero-order valence-corrected chi connectivity index (χ0v) is 12.8. The normalized spacial score (nSPS) is 31.8. The molecule has 2 saturated heterocycles. The highest BCUT2D eigenvalue weighted by atomic mass is 32.2. The lowest BCUT2D eigenvalue weighted by atomic mass is 9.95. The molecule has 7 heteroatoms. The topological polar surface area (TPSA) is 83.6 Å². The van der Waals surface area contributed by atoms with E-state index in [9.17, 15) is 18.0 Å². The number of piperazine rings is 1. The van der Waals surface area contributed by atoms with Gasteiger partial charge in [-0.25, -0.2) is 8.42 Å². The largest absolute Gasteiger partial charge is 0.342 e. The average molecular weight is 302 g/mol. The van der Waals surface area contributed by atoms with E-state index in [1.807, 2.05) is 13.8 Å². The van der Waals surface area contributed by atoms with E-state index in [2.05, 4.69) is 5.32 Å². The first-order chi connectivity index (χ1) is 9.34. The van der Waals surface area contributed by atoms with Crippen molar-refractivity contribution in [3.63, 3.8) is 0 Å². The minimum Gasteiger partial charge on any atom is -0.342 e. The van der Waals surface area contributed by atoms with Crippen molar-refractivity contribution in [1.29, 1.82) is 0 Å². The zero-order chi connectivity index (χ0) is 14.9. The van der Waals surface area contributed by atoms with E-state index in [4.69, 9.17) is 0 Å². The van der Waals surface area contributed by atoms with Crippen molar-refractivity contribution >= 4 is 21.7 Å². The molecule has 6 nitrogen and oxygen atoms in total. The van der Waals surface area contributed by atoms with Crippen LogP contribution in [0.2, 0.25) is 0 Å². The van der Waals surface area contributed by atoms with Gasteiger partial charge in [-0.15, -0.1) is 0 Å². The van der Waals surface area contributed by atoms with E-state index in [0.717, 1.165) is 6.42 Å². The molecule has 0 aliphatic carbocycles. The van der Waals surface area contributed by atoms with E-state index in [1.165, 1.54) is 4.90 Å². The molecule has 2 aliphatic heterocycles. The van der Waals surface area contributed by atoms with Crippen LogP contribution in [0.1, 0.15) is 33.1 Å². The first-order valence-corrected chi connectivity index (χ1v) is 8.96. The summed E-state index contributed by atoms with van der Waals surface area (Å²) < 4.78 is 23.4. The Morgan fingerprint density at radius 1 is 1.40 bits per heavy atom. The maximum Gasteiger partial charge on any atom is 0.246 e. The molecule has 0 aromatic rings. The molecule has 2 fully saturated rings. The Kier molecular flexibility index (Phi) is 4.36. The minimum atomic E-state index is -3.09. The third kappa shape index (κ3) is 3.13. The number of carbonyl (C=O) groups excluding carboxylic acids is 2. The summed E-state index contributed by atoms with van der Waals surface area (Å²) in [4.78, 5) is 25.8. The van der Waals surface area contributed by atoms with Crippen molar-refractivity contribution in [3.8, 4) is 0 Å². The number of rotatable bonds is 3. The second-order valence-electron chi connectivity index (χ2n) is 5.81. The lowest BCUT2D eigenvalue weighted by molar-refractivity contribution is -0.147. The van der Waals surface area contributed by atoms with Crippen molar-refractivity contribution in [2.24, 2.45) is 5.92 Å². The Bertz CT molecular complexity index is 503. The van der Waals surface area contributed by atoms with Crippen molar-refractivity contribution in [3.05, 3.63) is 0 Å². The highest BCUT2D eigenvalue weighted by molar-refractivity contribution is 7.91. The lowest BCUT2D eigenvalue weighted by Crippen LogP contribution is -2.63. The molecule has 0 bridgehead atoms. The van der Waals surface area contributed by atoms with E-state index in [1.54, 1.807) is 0 Å². The van der Waals surface area contributed by atoms with Crippen LogP contribution in [-0.4, -0.2) is 55.3 Å². The Hall–Kier alpha value is -1.11. The lowest BCUT2D eigenvalue weighted by Gasteiger charge is -2.40. The number of hydrogen-bond acceptors (Lipinski definition) is 4. The molecule has 0 aromatic carbocycles. The Morgan fingerprint density at radius 2 is 2.10 bits per heavy atom. The molecule has 2 amide bonds. The molecule has 1 N–H and O–H groups in total. The number of hydrogen-bond donors (Lipinski definition) is 1. The summed E-state index contributed by atoms with van der Waals surface area (Å²) in [7, 11) is -3.09. The van der Waals surface area contributed by atoms with Crippen molar-refractivity contribution in [1.82, 2.24) is 10.2 Å². The number of nitrogens with zero attached hydrogens (tertiary/aromatic N) is 1. The predicted molar refractivity (Wildman–Crippen MR) is 74.8 cm³/mol. The molecule has 2 aliphatic rings. The van der Waals surface area contributed by atoms with Crippen molar-refractivity contribution in [2.45, 2.75) is 45.2 Å². The highest BCUT2D eigenvalue weighted by Gasteiger charge is 2.40. The fraction of sp³-hybridized carbons (Fsp3) is 0.846. The van der Waals surface area contributed by atoms with Gasteiger partial charge in [0.05, 0.1) is 18.1 Å². The van der Waals surface area contributed by atoms with E-state index in [-0.39, 0.29) is 41.8 Å². The molecule has 3 unspecified atom stereocenters. The zero-order valence-electron chi connectivity index (χ0n) is 12.0. The molecule has 20 heavy (non-hydrogen) atoms. The van der Waals surface area contributed by atoms with Crippen LogP contribution in [0.25, 0.3) is 0 Å². The van der Waals surface area contributed by atoms with Crippen LogP contribution >= 0.6 is 0 Å². The smallest absolute Gasteiger partial charge is 0.246 e. The maximum absolute atomic E-state index is 12.5. The van der Waals surface area contributed by atoms with Crippen LogP contribution in [0.4, 0.5) is 0 Å². The van der Waals surface area contributed by atoms with Gasteiger partial charge in [-0.1, -0.05) is 20.3 Å². The molecule has 0 spiro atoms. The van der Waals surface area contributed by atoms with Gasteiger partial charge in [-0.05, 0) is 18.8 Å². The number of carbonyl (C=O) groups is 2. The number of nitrogens with one attached hydrogen (secondary N) is 1. The molecule has 0 saturated carbocycles. The SMILES string of the molecule is CCC(C)C1NC(=O)CN(C2CCCS(=O)(=O)C2)C1=O.